The van der Waals surface area contributed by atoms with E-state index in [1.54, 1.807) is 24.4 Å². The van der Waals surface area contributed by atoms with Crippen LogP contribution < -0.4 is 10.1 Å². The van der Waals surface area contributed by atoms with Crippen LogP contribution >= 0.6 is 0 Å². The van der Waals surface area contributed by atoms with E-state index in [-0.39, 0.29) is 11.7 Å². The van der Waals surface area contributed by atoms with Crippen LogP contribution in [0.25, 0.3) is 10.9 Å². The van der Waals surface area contributed by atoms with Crippen molar-refractivity contribution < 1.29 is 13.9 Å². The molecule has 24 heavy (non-hydrogen) atoms. The Labute approximate surface area is 139 Å². The van der Waals surface area contributed by atoms with Crippen LogP contribution in [0.5, 0.6) is 5.75 Å². The lowest BCUT2D eigenvalue weighted by molar-refractivity contribution is -0.122. The largest absolute Gasteiger partial charge is 0.478 e. The van der Waals surface area contributed by atoms with E-state index in [0.29, 0.717) is 17.6 Å². The fourth-order valence-corrected chi connectivity index (χ4v) is 2.43. The summed E-state index contributed by atoms with van der Waals surface area (Å²) in [6.07, 6.45) is 1.30. The number of hydrogen-bond donors (Lipinski definition) is 1. The van der Waals surface area contributed by atoms with E-state index in [1.807, 2.05) is 31.2 Å². The topological polar surface area (TPSA) is 51.2 Å². The third kappa shape index (κ3) is 3.35. The first kappa shape index (κ1) is 15.9. The number of benzene rings is 2. The van der Waals surface area contributed by atoms with Gasteiger partial charge in [0, 0.05) is 11.6 Å². The van der Waals surface area contributed by atoms with Crippen molar-refractivity contribution in [3.05, 3.63) is 66.6 Å². The van der Waals surface area contributed by atoms with Gasteiger partial charge in [0.1, 0.15) is 0 Å². The number of halogens is 1. The van der Waals surface area contributed by atoms with Gasteiger partial charge in [-0.2, -0.15) is 0 Å². The molecule has 0 saturated carbocycles. The minimum atomic E-state index is -0.791. The molecule has 3 aromatic rings. The predicted octanol–water partition coefficient (Wildman–Crippen LogP) is 4.17. The lowest BCUT2D eigenvalue weighted by Crippen LogP contribution is -2.32. The van der Waals surface area contributed by atoms with E-state index in [2.05, 4.69) is 10.3 Å². The van der Waals surface area contributed by atoms with Crippen LogP contribution in [0.1, 0.15) is 13.3 Å². The summed E-state index contributed by atoms with van der Waals surface area (Å²) in [6, 6.07) is 15.4. The number of fused-ring (bicyclic) bond motifs is 1. The summed E-state index contributed by atoms with van der Waals surface area (Å²) in [7, 11) is 0. The monoisotopic (exact) mass is 324 g/mol. The molecule has 0 saturated heterocycles. The van der Waals surface area contributed by atoms with E-state index in [1.165, 1.54) is 12.1 Å². The number of rotatable bonds is 5. The van der Waals surface area contributed by atoms with E-state index in [0.717, 1.165) is 5.39 Å². The molecule has 0 bridgehead atoms. The molecule has 0 aliphatic heterocycles. The minimum absolute atomic E-state index is 0.0653. The van der Waals surface area contributed by atoms with Crippen LogP contribution in [0.3, 0.4) is 0 Å². The fourth-order valence-electron chi connectivity index (χ4n) is 2.43. The number of carbonyl (C=O) groups excluding carboxylic acids is 1. The summed E-state index contributed by atoms with van der Waals surface area (Å²) in [4.78, 5) is 16.8. The third-order valence-corrected chi connectivity index (χ3v) is 3.66. The summed E-state index contributed by atoms with van der Waals surface area (Å²) < 4.78 is 19.3. The zero-order valence-electron chi connectivity index (χ0n) is 13.2. The molecule has 0 aliphatic carbocycles. The molecule has 4 nitrogen and oxygen atoms in total. The number of aromatic nitrogens is 1. The normalized spacial score (nSPS) is 11.9. The minimum Gasteiger partial charge on any atom is -0.478 e. The quantitative estimate of drug-likeness (QED) is 0.766. The summed E-state index contributed by atoms with van der Waals surface area (Å²) >= 11 is 0. The van der Waals surface area contributed by atoms with Crippen molar-refractivity contribution in [2.24, 2.45) is 0 Å². The van der Waals surface area contributed by atoms with Crippen LogP contribution in [0.15, 0.2) is 60.8 Å². The molecule has 1 heterocycles. The van der Waals surface area contributed by atoms with E-state index in [4.69, 9.17) is 4.74 Å². The Hall–Kier alpha value is -2.95. The predicted molar refractivity (Wildman–Crippen MR) is 91.5 cm³/mol. The molecule has 0 fully saturated rings. The lowest BCUT2D eigenvalue weighted by Gasteiger charge is -2.18. The van der Waals surface area contributed by atoms with E-state index >= 15 is 0 Å². The zero-order valence-corrected chi connectivity index (χ0v) is 13.2. The highest BCUT2D eigenvalue weighted by molar-refractivity contribution is 6.01. The average molecular weight is 324 g/mol. The molecule has 0 spiro atoms. The average Bonchev–Trinajstić information content (AvgIpc) is 2.61. The highest BCUT2D eigenvalue weighted by Crippen LogP contribution is 2.22. The number of nitrogens with one attached hydrogen (secondary N) is 1. The first-order valence-electron chi connectivity index (χ1n) is 7.75. The summed E-state index contributed by atoms with van der Waals surface area (Å²) in [5.41, 5.74) is 1.31. The number of nitrogens with zero attached hydrogens (tertiary/aromatic N) is 1. The van der Waals surface area contributed by atoms with Gasteiger partial charge in [0.15, 0.2) is 17.7 Å². The molecule has 2 aromatic carbocycles. The van der Waals surface area contributed by atoms with Crippen LogP contribution in [0.4, 0.5) is 10.1 Å². The van der Waals surface area contributed by atoms with Crippen LogP contribution in [-0.4, -0.2) is 17.0 Å². The number of para-hydroxylation sites is 2. The number of carbonyl (C=O) groups is 1. The van der Waals surface area contributed by atoms with Gasteiger partial charge < -0.3 is 10.1 Å². The molecule has 5 heteroatoms. The van der Waals surface area contributed by atoms with Crippen molar-refractivity contribution in [2.45, 2.75) is 19.4 Å². The molecular weight excluding hydrogens is 307 g/mol. The summed E-state index contributed by atoms with van der Waals surface area (Å²) in [6.45, 7) is 1.81. The van der Waals surface area contributed by atoms with Crippen LogP contribution in [-0.2, 0) is 4.79 Å². The second kappa shape index (κ2) is 7.08. The SMILES string of the molecule is CCC(Oc1ccccc1F)C(=O)Nc1cccc2cccnc12. The van der Waals surface area contributed by atoms with Gasteiger partial charge in [-0.15, -0.1) is 0 Å². The number of ether oxygens (including phenoxy) is 1. The number of pyridine rings is 1. The van der Waals surface area contributed by atoms with Gasteiger partial charge in [-0.1, -0.05) is 37.3 Å². The highest BCUT2D eigenvalue weighted by Gasteiger charge is 2.20. The van der Waals surface area contributed by atoms with Crippen molar-refractivity contribution in [2.75, 3.05) is 5.32 Å². The van der Waals surface area contributed by atoms with Crippen LogP contribution in [0, 0.1) is 5.82 Å². The lowest BCUT2D eigenvalue weighted by atomic mass is 10.2. The molecule has 1 unspecified atom stereocenters. The third-order valence-electron chi connectivity index (χ3n) is 3.66. The van der Waals surface area contributed by atoms with E-state index < -0.39 is 11.9 Å². The standard InChI is InChI=1S/C19H17FN2O2/c1-2-16(24-17-11-4-3-9-14(17)20)19(23)22-15-10-5-7-13-8-6-12-21-18(13)15/h3-12,16H,2H2,1H3,(H,22,23). The summed E-state index contributed by atoms with van der Waals surface area (Å²) in [5, 5.41) is 3.76. The Morgan fingerprint density at radius 1 is 1.17 bits per heavy atom. The first-order chi connectivity index (χ1) is 11.7. The molecule has 1 amide bonds. The van der Waals surface area contributed by atoms with Crippen molar-refractivity contribution in [1.82, 2.24) is 4.98 Å². The van der Waals surface area contributed by atoms with Crippen molar-refractivity contribution in [1.29, 1.82) is 0 Å². The molecule has 0 aliphatic rings. The zero-order chi connectivity index (χ0) is 16.9. The maximum Gasteiger partial charge on any atom is 0.265 e. The second-order valence-electron chi connectivity index (χ2n) is 5.32. The van der Waals surface area contributed by atoms with Gasteiger partial charge >= 0.3 is 0 Å². The number of amides is 1. The van der Waals surface area contributed by atoms with Gasteiger partial charge in [0.05, 0.1) is 11.2 Å². The fraction of sp³-hybridized carbons (Fsp3) is 0.158. The van der Waals surface area contributed by atoms with Gasteiger partial charge in [0.25, 0.3) is 5.91 Å². The van der Waals surface area contributed by atoms with Gasteiger partial charge in [-0.25, -0.2) is 4.39 Å². The second-order valence-corrected chi connectivity index (χ2v) is 5.32. The molecule has 0 radical (unpaired) electrons. The van der Waals surface area contributed by atoms with Crippen molar-refractivity contribution in [3.8, 4) is 5.75 Å². The molecule has 1 atom stereocenters. The Morgan fingerprint density at radius 3 is 2.75 bits per heavy atom. The Balaban J connectivity index is 1.80. The maximum atomic E-state index is 13.7. The highest BCUT2D eigenvalue weighted by atomic mass is 19.1. The maximum absolute atomic E-state index is 13.7. The van der Waals surface area contributed by atoms with Gasteiger partial charge in [-0.05, 0) is 30.7 Å². The number of hydrogen-bond acceptors (Lipinski definition) is 3. The van der Waals surface area contributed by atoms with E-state index in [9.17, 15) is 9.18 Å². The first-order valence-corrected chi connectivity index (χ1v) is 7.75. The van der Waals surface area contributed by atoms with Gasteiger partial charge in [-0.3, -0.25) is 9.78 Å². The number of anilines is 1. The molecule has 3 rings (SSSR count). The Morgan fingerprint density at radius 2 is 1.96 bits per heavy atom. The molecule has 1 N–H and O–H groups in total. The molecule has 1 aromatic heterocycles. The van der Waals surface area contributed by atoms with Crippen molar-refractivity contribution >= 4 is 22.5 Å². The molecule has 122 valence electrons. The van der Waals surface area contributed by atoms with Gasteiger partial charge in [0.2, 0.25) is 0 Å². The Bertz CT molecular complexity index is 861. The van der Waals surface area contributed by atoms with Crippen molar-refractivity contribution in [3.63, 3.8) is 0 Å². The smallest absolute Gasteiger partial charge is 0.265 e. The van der Waals surface area contributed by atoms with Crippen LogP contribution in [0.2, 0.25) is 0 Å². The molecular formula is C19H17FN2O2. The Kier molecular flexibility index (Phi) is 4.70. The summed E-state index contributed by atoms with van der Waals surface area (Å²) in [5.74, 6) is -0.759.